The summed E-state index contributed by atoms with van der Waals surface area (Å²) in [5.41, 5.74) is 6.89. The van der Waals surface area contributed by atoms with Crippen molar-refractivity contribution in [2.75, 3.05) is 7.11 Å². The number of alkyl carbamates (subject to hydrolysis) is 1. The van der Waals surface area contributed by atoms with Gasteiger partial charge in [-0.15, -0.1) is 0 Å². The molecule has 0 spiro atoms. The van der Waals surface area contributed by atoms with Crippen LogP contribution < -0.4 is 11.1 Å². The van der Waals surface area contributed by atoms with Gasteiger partial charge in [0, 0.05) is 0 Å². The van der Waals surface area contributed by atoms with E-state index in [2.05, 4.69) is 10.1 Å². The summed E-state index contributed by atoms with van der Waals surface area (Å²) >= 11 is 0. The van der Waals surface area contributed by atoms with Crippen LogP contribution in [0.3, 0.4) is 0 Å². The van der Waals surface area contributed by atoms with Gasteiger partial charge in [0.2, 0.25) is 0 Å². The molecule has 0 aromatic heterocycles. The minimum absolute atomic E-state index is 0.247. The molecule has 0 aliphatic heterocycles. The van der Waals surface area contributed by atoms with Gasteiger partial charge in [-0.2, -0.15) is 0 Å². The highest BCUT2D eigenvalue weighted by molar-refractivity contribution is 5.83. The first-order valence-electron chi connectivity index (χ1n) is 4.07. The Morgan fingerprint density at radius 3 is 2.31 bits per heavy atom. The molecule has 2 N–H and O–H groups in total. The highest BCUT2D eigenvalue weighted by atomic mass is 16.5. The Morgan fingerprint density at radius 2 is 2.00 bits per heavy atom. The predicted molar refractivity (Wildman–Crippen MR) is 46.9 cm³/mol. The van der Waals surface area contributed by atoms with E-state index in [0.29, 0.717) is 6.42 Å². The van der Waals surface area contributed by atoms with Crippen LogP contribution in [0.2, 0.25) is 0 Å². The zero-order valence-electron chi connectivity index (χ0n) is 8.09. The van der Waals surface area contributed by atoms with Crippen LogP contribution in [0.5, 0.6) is 0 Å². The Kier molecular flexibility index (Phi) is 4.87. The molecule has 5 heteroatoms. The molecule has 2 amide bonds. The first-order valence-corrected chi connectivity index (χ1v) is 4.07. The molecule has 0 aliphatic rings. The Labute approximate surface area is 77.6 Å². The van der Waals surface area contributed by atoms with Crippen molar-refractivity contribution in [3.63, 3.8) is 0 Å². The van der Waals surface area contributed by atoms with Gasteiger partial charge >= 0.3 is 6.09 Å². The fourth-order valence-corrected chi connectivity index (χ4v) is 0.904. The molecule has 0 heterocycles. The van der Waals surface area contributed by atoms with Crippen LogP contribution in [0, 0.1) is 5.92 Å². The summed E-state index contributed by atoms with van der Waals surface area (Å²) < 4.78 is 4.33. The molecule has 5 nitrogen and oxygen atoms in total. The lowest BCUT2D eigenvalue weighted by molar-refractivity contribution is -0.120. The topological polar surface area (TPSA) is 79.2 Å². The van der Waals surface area contributed by atoms with Crippen molar-refractivity contribution in [1.82, 2.24) is 11.1 Å². The lowest BCUT2D eigenvalue weighted by Gasteiger charge is -2.15. The van der Waals surface area contributed by atoms with Gasteiger partial charge in [-0.3, -0.25) is 10.5 Å². The minimum Gasteiger partial charge on any atom is -0.453 e. The van der Waals surface area contributed by atoms with Crippen LogP contribution in [-0.4, -0.2) is 25.2 Å². The van der Waals surface area contributed by atoms with E-state index in [1.165, 1.54) is 7.11 Å². The summed E-state index contributed by atoms with van der Waals surface area (Å²) in [4.78, 5) is 21.5. The van der Waals surface area contributed by atoms with Gasteiger partial charge in [-0.05, 0) is 12.3 Å². The third-order valence-electron chi connectivity index (χ3n) is 1.50. The molecule has 0 rings (SSSR count). The highest BCUT2D eigenvalue weighted by Gasteiger charge is 2.19. The van der Waals surface area contributed by atoms with Crippen molar-refractivity contribution in [2.24, 2.45) is 5.92 Å². The number of hydrogen-bond donors (Lipinski definition) is 1. The number of rotatable bonds is 4. The first kappa shape index (κ1) is 11.7. The molecule has 13 heavy (non-hydrogen) atoms. The molecule has 1 unspecified atom stereocenters. The summed E-state index contributed by atoms with van der Waals surface area (Å²) in [6, 6.07) is -0.757. The van der Waals surface area contributed by atoms with Crippen LogP contribution in [0.15, 0.2) is 0 Å². The van der Waals surface area contributed by atoms with E-state index < -0.39 is 18.0 Å². The van der Waals surface area contributed by atoms with E-state index in [9.17, 15) is 9.59 Å². The minimum atomic E-state index is -0.792. The monoisotopic (exact) mass is 187 g/mol. The Balaban J connectivity index is 4.10. The van der Waals surface area contributed by atoms with Crippen molar-refractivity contribution >= 4 is 12.0 Å². The Bertz CT molecular complexity index is 192. The van der Waals surface area contributed by atoms with Gasteiger partial charge in [0.05, 0.1) is 7.11 Å². The van der Waals surface area contributed by atoms with Gasteiger partial charge in [-0.25, -0.2) is 4.79 Å². The maximum Gasteiger partial charge on any atom is 0.407 e. The number of hydrogen-bond acceptors (Lipinski definition) is 3. The molecule has 0 aromatic carbocycles. The number of amides is 2. The summed E-state index contributed by atoms with van der Waals surface area (Å²) in [5, 5.41) is 2.30. The summed E-state index contributed by atoms with van der Waals surface area (Å²) in [7, 11) is 1.22. The number of methoxy groups -OCH3 is 1. The second-order valence-corrected chi connectivity index (χ2v) is 3.18. The predicted octanol–water partition coefficient (Wildman–Crippen LogP) is 0.567. The fraction of sp³-hybridized carbons (Fsp3) is 0.750. The Hall–Kier alpha value is -1.26. The molecule has 0 saturated heterocycles. The highest BCUT2D eigenvalue weighted by Crippen LogP contribution is 2.04. The van der Waals surface area contributed by atoms with Gasteiger partial charge in [0.25, 0.3) is 5.91 Å². The number of ether oxygens (including phenoxy) is 1. The van der Waals surface area contributed by atoms with Crippen molar-refractivity contribution in [3.8, 4) is 0 Å². The molecule has 1 radical (unpaired) electrons. The SMILES string of the molecule is COC(=O)NC(CC(C)C)C([NH])=O. The largest absolute Gasteiger partial charge is 0.453 e. The van der Waals surface area contributed by atoms with E-state index in [1.807, 2.05) is 13.8 Å². The van der Waals surface area contributed by atoms with Crippen LogP contribution in [0.1, 0.15) is 20.3 Å². The van der Waals surface area contributed by atoms with Gasteiger partial charge in [0.1, 0.15) is 6.04 Å². The third-order valence-corrected chi connectivity index (χ3v) is 1.50. The van der Waals surface area contributed by atoms with Crippen molar-refractivity contribution < 1.29 is 14.3 Å². The first-order chi connectivity index (χ1) is 5.97. The molecule has 1 atom stereocenters. The normalized spacial score (nSPS) is 12.3. The maximum atomic E-state index is 10.7. The lowest BCUT2D eigenvalue weighted by Crippen LogP contribution is -2.42. The van der Waals surface area contributed by atoms with Crippen LogP contribution in [-0.2, 0) is 9.53 Å². The zero-order chi connectivity index (χ0) is 10.4. The van der Waals surface area contributed by atoms with Gasteiger partial charge in [-0.1, -0.05) is 13.8 Å². The van der Waals surface area contributed by atoms with Crippen molar-refractivity contribution in [1.29, 1.82) is 0 Å². The number of nitrogens with one attached hydrogen (secondary N) is 2. The quantitative estimate of drug-likeness (QED) is 0.698. The second kappa shape index (κ2) is 5.40. The molecular weight excluding hydrogens is 172 g/mol. The lowest BCUT2D eigenvalue weighted by atomic mass is 10.0. The third kappa shape index (κ3) is 5.05. The maximum absolute atomic E-state index is 10.7. The van der Waals surface area contributed by atoms with Crippen LogP contribution >= 0.6 is 0 Å². The van der Waals surface area contributed by atoms with E-state index in [-0.39, 0.29) is 5.92 Å². The molecule has 0 bridgehead atoms. The molecule has 0 aromatic rings. The van der Waals surface area contributed by atoms with E-state index in [4.69, 9.17) is 5.73 Å². The second-order valence-electron chi connectivity index (χ2n) is 3.18. The van der Waals surface area contributed by atoms with E-state index in [0.717, 1.165) is 0 Å². The van der Waals surface area contributed by atoms with Crippen molar-refractivity contribution in [2.45, 2.75) is 26.3 Å². The standard InChI is InChI=1S/C8H15N2O3/c1-5(2)4-6(7(9)11)10-8(12)13-3/h5-6,9H,4H2,1-3H3,(H,10,12). The zero-order valence-corrected chi connectivity index (χ0v) is 8.09. The van der Waals surface area contributed by atoms with Crippen molar-refractivity contribution in [3.05, 3.63) is 0 Å². The average Bonchev–Trinajstić information content (AvgIpc) is 2.02. The molecule has 75 valence electrons. The average molecular weight is 187 g/mol. The summed E-state index contributed by atoms with van der Waals surface area (Å²) in [6.07, 6.45) is -0.219. The molecule has 0 fully saturated rings. The van der Waals surface area contributed by atoms with E-state index in [1.54, 1.807) is 0 Å². The fourth-order valence-electron chi connectivity index (χ4n) is 0.904. The number of carbonyl (C=O) groups excluding carboxylic acids is 2. The van der Waals surface area contributed by atoms with Crippen LogP contribution in [0.4, 0.5) is 4.79 Å². The van der Waals surface area contributed by atoms with E-state index >= 15 is 0 Å². The number of carbonyl (C=O) groups is 2. The smallest absolute Gasteiger partial charge is 0.407 e. The molecular formula is C8H15N2O3. The Morgan fingerprint density at radius 1 is 1.46 bits per heavy atom. The van der Waals surface area contributed by atoms with Gasteiger partial charge < -0.3 is 10.1 Å². The molecule has 0 aliphatic carbocycles. The molecule has 0 saturated carbocycles. The summed E-state index contributed by atoms with van der Waals surface area (Å²) in [5.74, 6) is -0.546. The summed E-state index contributed by atoms with van der Waals surface area (Å²) in [6.45, 7) is 3.82. The van der Waals surface area contributed by atoms with Crippen LogP contribution in [0.25, 0.3) is 0 Å². The van der Waals surface area contributed by atoms with Gasteiger partial charge in [0.15, 0.2) is 0 Å².